The average molecular weight is 326 g/mol. The Morgan fingerprint density at radius 2 is 2.14 bits per heavy atom. The van der Waals surface area contributed by atoms with Crippen molar-refractivity contribution >= 4 is 21.4 Å². The molecule has 7 heteroatoms. The Morgan fingerprint density at radius 3 is 2.86 bits per heavy atom. The van der Waals surface area contributed by atoms with Crippen LogP contribution in [0.3, 0.4) is 0 Å². The quantitative estimate of drug-likeness (QED) is 0.938. The molecule has 0 amide bonds. The molecule has 2 aromatic rings. The molecule has 21 heavy (non-hydrogen) atoms. The molecule has 2 aromatic heterocycles. The van der Waals surface area contributed by atoms with Gasteiger partial charge >= 0.3 is 0 Å². The van der Waals surface area contributed by atoms with Crippen molar-refractivity contribution in [1.82, 2.24) is 4.31 Å². The van der Waals surface area contributed by atoms with Gasteiger partial charge in [0.1, 0.15) is 16.4 Å². The maximum Gasteiger partial charge on any atom is 0.247 e. The number of nitrogens with two attached hydrogens (primary N) is 1. The second-order valence-electron chi connectivity index (χ2n) is 5.18. The first-order valence-corrected chi connectivity index (χ1v) is 9.11. The second kappa shape index (κ2) is 5.24. The van der Waals surface area contributed by atoms with Crippen LogP contribution in [-0.4, -0.2) is 19.3 Å². The highest BCUT2D eigenvalue weighted by atomic mass is 32.2. The fourth-order valence-electron chi connectivity index (χ4n) is 2.84. The molecule has 0 aromatic carbocycles. The minimum absolute atomic E-state index is 0.162. The predicted molar refractivity (Wildman–Crippen MR) is 81.7 cm³/mol. The van der Waals surface area contributed by atoms with E-state index in [1.807, 2.05) is 11.4 Å². The normalized spacial score (nSPS) is 16.1. The van der Waals surface area contributed by atoms with Gasteiger partial charge in [0.2, 0.25) is 10.0 Å². The van der Waals surface area contributed by atoms with Crippen LogP contribution in [0.1, 0.15) is 27.5 Å². The van der Waals surface area contributed by atoms with E-state index in [1.165, 1.54) is 9.18 Å². The molecule has 114 valence electrons. The van der Waals surface area contributed by atoms with Crippen LogP contribution in [0.2, 0.25) is 0 Å². The maximum absolute atomic E-state index is 12.9. The molecule has 0 saturated heterocycles. The van der Waals surface area contributed by atoms with E-state index in [4.69, 9.17) is 10.2 Å². The van der Waals surface area contributed by atoms with E-state index in [9.17, 15) is 8.42 Å². The summed E-state index contributed by atoms with van der Waals surface area (Å²) >= 11 is 1.69. The van der Waals surface area contributed by atoms with Crippen molar-refractivity contribution in [3.8, 4) is 0 Å². The summed E-state index contributed by atoms with van der Waals surface area (Å²) in [7, 11) is -3.57. The summed E-state index contributed by atoms with van der Waals surface area (Å²) in [6, 6.07) is 2.00. The molecule has 0 bridgehead atoms. The molecule has 5 nitrogen and oxygen atoms in total. The number of hydrogen-bond acceptors (Lipinski definition) is 5. The first-order chi connectivity index (χ1) is 9.95. The third-order valence-electron chi connectivity index (χ3n) is 3.90. The van der Waals surface area contributed by atoms with E-state index in [2.05, 4.69) is 0 Å². The molecule has 0 fully saturated rings. The van der Waals surface area contributed by atoms with E-state index in [1.54, 1.807) is 25.2 Å². The molecule has 0 spiro atoms. The van der Waals surface area contributed by atoms with E-state index in [-0.39, 0.29) is 11.4 Å². The number of furan rings is 1. The van der Waals surface area contributed by atoms with Gasteiger partial charge in [0.05, 0.1) is 0 Å². The highest BCUT2D eigenvalue weighted by Gasteiger charge is 2.34. The average Bonchev–Trinajstić information content (AvgIpc) is 3.01. The van der Waals surface area contributed by atoms with Crippen LogP contribution < -0.4 is 5.73 Å². The first-order valence-electron chi connectivity index (χ1n) is 6.79. The lowest BCUT2D eigenvalue weighted by Gasteiger charge is -2.26. The van der Waals surface area contributed by atoms with Crippen LogP contribution in [-0.2, 0) is 29.5 Å². The third kappa shape index (κ3) is 2.34. The molecule has 1 aliphatic heterocycles. The molecule has 1 aliphatic rings. The van der Waals surface area contributed by atoms with Gasteiger partial charge in [-0.15, -0.1) is 11.3 Å². The fourth-order valence-corrected chi connectivity index (χ4v) is 5.57. The Bertz CT molecular complexity index is 774. The number of thiophene rings is 1. The summed E-state index contributed by atoms with van der Waals surface area (Å²) in [4.78, 5) is 1.53. The number of aryl methyl sites for hydroxylation is 2. The molecule has 0 unspecified atom stereocenters. The van der Waals surface area contributed by atoms with E-state index < -0.39 is 10.0 Å². The predicted octanol–water partition coefficient (Wildman–Crippen LogP) is 2.16. The largest absolute Gasteiger partial charge is 0.465 e. The Hall–Kier alpha value is -1.15. The van der Waals surface area contributed by atoms with Gasteiger partial charge in [0.25, 0.3) is 0 Å². The summed E-state index contributed by atoms with van der Waals surface area (Å²) in [5.74, 6) is 1.01. The van der Waals surface area contributed by atoms with Crippen LogP contribution in [0.5, 0.6) is 0 Å². The first kappa shape index (κ1) is 14.8. The van der Waals surface area contributed by atoms with Crippen molar-refractivity contribution in [2.75, 3.05) is 6.54 Å². The lowest BCUT2D eigenvalue weighted by atomic mass is 10.1. The Morgan fingerprint density at radius 1 is 1.38 bits per heavy atom. The Kier molecular flexibility index (Phi) is 3.69. The lowest BCUT2D eigenvalue weighted by molar-refractivity contribution is 0.392. The zero-order chi connectivity index (χ0) is 15.2. The fraction of sp³-hybridized carbons (Fsp3) is 0.429. The minimum atomic E-state index is -3.57. The van der Waals surface area contributed by atoms with Crippen molar-refractivity contribution in [2.45, 2.75) is 38.3 Å². The van der Waals surface area contributed by atoms with E-state index in [0.717, 1.165) is 12.0 Å². The van der Waals surface area contributed by atoms with Gasteiger partial charge in [-0.05, 0) is 37.3 Å². The number of sulfonamides is 1. The van der Waals surface area contributed by atoms with Crippen molar-refractivity contribution in [1.29, 1.82) is 0 Å². The van der Waals surface area contributed by atoms with Gasteiger partial charge in [-0.1, -0.05) is 0 Å². The van der Waals surface area contributed by atoms with Crippen molar-refractivity contribution in [2.24, 2.45) is 5.73 Å². The third-order valence-corrected chi connectivity index (χ3v) is 6.96. The number of nitrogens with zero attached hydrogens (tertiary/aromatic N) is 1. The summed E-state index contributed by atoms with van der Waals surface area (Å²) in [5, 5.41) is 2.01. The summed E-state index contributed by atoms with van der Waals surface area (Å²) in [6.07, 6.45) is 0.764. The molecule has 3 rings (SSSR count). The summed E-state index contributed by atoms with van der Waals surface area (Å²) < 4.78 is 32.9. The lowest BCUT2D eigenvalue weighted by Crippen LogP contribution is -2.36. The van der Waals surface area contributed by atoms with Gasteiger partial charge in [-0.25, -0.2) is 8.42 Å². The Labute approximate surface area is 128 Å². The van der Waals surface area contributed by atoms with Crippen LogP contribution >= 0.6 is 11.3 Å². The molecular weight excluding hydrogens is 308 g/mol. The van der Waals surface area contributed by atoms with Crippen LogP contribution in [0.15, 0.2) is 20.8 Å². The van der Waals surface area contributed by atoms with Gasteiger partial charge < -0.3 is 10.2 Å². The zero-order valence-corrected chi connectivity index (χ0v) is 13.7. The number of hydrogen-bond donors (Lipinski definition) is 1. The van der Waals surface area contributed by atoms with Gasteiger partial charge in [-0.2, -0.15) is 4.31 Å². The Balaban J connectivity index is 2.03. The monoisotopic (exact) mass is 326 g/mol. The van der Waals surface area contributed by atoms with Crippen LogP contribution in [0.25, 0.3) is 0 Å². The van der Waals surface area contributed by atoms with Crippen LogP contribution in [0.4, 0.5) is 0 Å². The van der Waals surface area contributed by atoms with Crippen molar-refractivity contribution in [3.63, 3.8) is 0 Å². The molecule has 2 N–H and O–H groups in total. The highest BCUT2D eigenvalue weighted by Crippen LogP contribution is 2.32. The zero-order valence-electron chi connectivity index (χ0n) is 12.0. The van der Waals surface area contributed by atoms with Gasteiger partial charge in [-0.3, -0.25) is 0 Å². The summed E-state index contributed by atoms with van der Waals surface area (Å²) in [5.41, 5.74) is 7.40. The van der Waals surface area contributed by atoms with Crippen molar-refractivity contribution < 1.29 is 12.8 Å². The minimum Gasteiger partial charge on any atom is -0.465 e. The molecule has 0 aliphatic carbocycles. The number of rotatable bonds is 3. The second-order valence-corrected chi connectivity index (χ2v) is 8.06. The van der Waals surface area contributed by atoms with E-state index in [0.29, 0.717) is 30.2 Å². The molecular formula is C14H18N2O3S2. The molecule has 0 saturated carbocycles. The molecule has 0 atom stereocenters. The van der Waals surface area contributed by atoms with E-state index >= 15 is 0 Å². The molecule has 0 radical (unpaired) electrons. The van der Waals surface area contributed by atoms with Crippen molar-refractivity contribution in [3.05, 3.63) is 39.0 Å². The smallest absolute Gasteiger partial charge is 0.247 e. The van der Waals surface area contributed by atoms with Crippen LogP contribution in [0, 0.1) is 13.8 Å². The SMILES string of the molecule is Cc1oc(C)c(S(=O)(=O)N2CCc3sccc3C2)c1CN. The number of fused-ring (bicyclic) bond motifs is 1. The summed E-state index contributed by atoms with van der Waals surface area (Å²) in [6.45, 7) is 4.52. The molecule has 3 heterocycles. The van der Waals surface area contributed by atoms with Gasteiger partial charge in [0.15, 0.2) is 0 Å². The standard InChI is InChI=1S/C14H18N2O3S2/c1-9-12(7-15)14(10(2)19-9)21(17,18)16-5-3-13-11(8-16)4-6-20-13/h4,6H,3,5,7-8,15H2,1-2H3. The topological polar surface area (TPSA) is 76.5 Å². The highest BCUT2D eigenvalue weighted by molar-refractivity contribution is 7.89. The maximum atomic E-state index is 12.9. The van der Waals surface area contributed by atoms with Gasteiger partial charge in [0, 0.05) is 30.1 Å².